The Kier molecular flexibility index (Phi) is 6.80. The van der Waals surface area contributed by atoms with Crippen LogP contribution in [0.25, 0.3) is 11.4 Å². The standard InChI is InChI=1S/C20H23N5O3S2/c1-14-2-6-16(7-3-14)19-23-24-20(29)25(19)13-11-18(26)22-12-10-15-4-8-17(9-5-15)30(21,27)28/h2-9H,10-13H2,1H3,(H,22,26)(H,24,29)(H2,21,27,28). The van der Waals surface area contributed by atoms with Gasteiger partial charge in [-0.25, -0.2) is 13.6 Å². The molecule has 0 unspecified atom stereocenters. The Bertz CT molecular complexity index is 1180. The van der Waals surface area contributed by atoms with Crippen molar-refractivity contribution in [1.29, 1.82) is 0 Å². The lowest BCUT2D eigenvalue weighted by atomic mass is 10.1. The highest BCUT2D eigenvalue weighted by Gasteiger charge is 2.11. The number of nitrogens with one attached hydrogen (secondary N) is 2. The lowest BCUT2D eigenvalue weighted by Gasteiger charge is -2.09. The first-order chi connectivity index (χ1) is 14.2. The van der Waals surface area contributed by atoms with Crippen molar-refractivity contribution in [1.82, 2.24) is 20.1 Å². The van der Waals surface area contributed by atoms with Crippen molar-refractivity contribution >= 4 is 28.1 Å². The Balaban J connectivity index is 1.52. The molecule has 0 bridgehead atoms. The van der Waals surface area contributed by atoms with Gasteiger partial charge in [-0.2, -0.15) is 5.10 Å². The Morgan fingerprint density at radius 2 is 1.83 bits per heavy atom. The number of carbonyl (C=O) groups excluding carboxylic acids is 1. The second-order valence-corrected chi connectivity index (χ2v) is 8.86. The van der Waals surface area contributed by atoms with Crippen LogP contribution in [0.3, 0.4) is 0 Å². The van der Waals surface area contributed by atoms with Crippen molar-refractivity contribution in [3.05, 3.63) is 64.4 Å². The molecule has 0 fully saturated rings. The van der Waals surface area contributed by atoms with E-state index in [2.05, 4.69) is 15.5 Å². The van der Waals surface area contributed by atoms with Crippen LogP contribution in [0, 0.1) is 11.7 Å². The van der Waals surface area contributed by atoms with Gasteiger partial charge in [-0.1, -0.05) is 42.0 Å². The van der Waals surface area contributed by atoms with E-state index in [4.69, 9.17) is 17.4 Å². The van der Waals surface area contributed by atoms with Gasteiger partial charge in [0, 0.05) is 25.1 Å². The van der Waals surface area contributed by atoms with E-state index in [-0.39, 0.29) is 17.2 Å². The third kappa shape index (κ3) is 5.62. The third-order valence-corrected chi connectivity index (χ3v) is 5.86. The summed E-state index contributed by atoms with van der Waals surface area (Å²) < 4.78 is 24.8. The van der Waals surface area contributed by atoms with Crippen LogP contribution in [0.1, 0.15) is 17.5 Å². The maximum Gasteiger partial charge on any atom is 0.238 e. The molecule has 3 aromatic rings. The van der Waals surface area contributed by atoms with Crippen LogP contribution in [0.15, 0.2) is 53.4 Å². The SMILES string of the molecule is Cc1ccc(-c2n[nH]c(=S)n2CCC(=O)NCCc2ccc(S(N)(=O)=O)cc2)cc1. The number of rotatable bonds is 8. The maximum absolute atomic E-state index is 12.2. The summed E-state index contributed by atoms with van der Waals surface area (Å²) in [5, 5.41) is 15.0. The van der Waals surface area contributed by atoms with E-state index in [0.717, 1.165) is 16.7 Å². The summed E-state index contributed by atoms with van der Waals surface area (Å²) >= 11 is 5.30. The summed E-state index contributed by atoms with van der Waals surface area (Å²) in [6.45, 7) is 2.86. The van der Waals surface area contributed by atoms with Gasteiger partial charge in [-0.05, 0) is 43.3 Å². The molecule has 0 radical (unpaired) electrons. The van der Waals surface area contributed by atoms with E-state index in [0.29, 0.717) is 30.1 Å². The Morgan fingerprint density at radius 3 is 2.47 bits per heavy atom. The predicted molar refractivity (Wildman–Crippen MR) is 117 cm³/mol. The first-order valence-electron chi connectivity index (χ1n) is 9.35. The molecule has 4 N–H and O–H groups in total. The van der Waals surface area contributed by atoms with Gasteiger partial charge in [0.2, 0.25) is 15.9 Å². The number of nitrogens with zero attached hydrogens (tertiary/aromatic N) is 2. The van der Waals surface area contributed by atoms with Crippen molar-refractivity contribution in [3.63, 3.8) is 0 Å². The summed E-state index contributed by atoms with van der Waals surface area (Å²) in [5.41, 5.74) is 2.98. The number of carbonyl (C=O) groups is 1. The molecule has 0 saturated carbocycles. The van der Waals surface area contributed by atoms with Crippen molar-refractivity contribution in [3.8, 4) is 11.4 Å². The van der Waals surface area contributed by atoms with E-state index < -0.39 is 10.0 Å². The van der Waals surface area contributed by atoms with E-state index in [9.17, 15) is 13.2 Å². The molecular weight excluding hydrogens is 422 g/mol. The number of benzene rings is 2. The number of sulfonamides is 1. The number of primary sulfonamides is 1. The minimum atomic E-state index is -3.70. The minimum Gasteiger partial charge on any atom is -0.356 e. The van der Waals surface area contributed by atoms with Gasteiger partial charge >= 0.3 is 0 Å². The van der Waals surface area contributed by atoms with Crippen LogP contribution in [-0.4, -0.2) is 35.6 Å². The first-order valence-corrected chi connectivity index (χ1v) is 11.3. The summed E-state index contributed by atoms with van der Waals surface area (Å²) in [7, 11) is -3.70. The van der Waals surface area contributed by atoms with Crippen LogP contribution in [0.2, 0.25) is 0 Å². The van der Waals surface area contributed by atoms with Crippen LogP contribution < -0.4 is 10.5 Å². The molecule has 0 aliphatic carbocycles. The highest BCUT2D eigenvalue weighted by atomic mass is 32.2. The van der Waals surface area contributed by atoms with Crippen LogP contribution in [-0.2, 0) is 27.8 Å². The lowest BCUT2D eigenvalue weighted by molar-refractivity contribution is -0.121. The molecule has 2 aromatic carbocycles. The fourth-order valence-electron chi connectivity index (χ4n) is 2.94. The molecule has 0 aliphatic heterocycles. The van der Waals surface area contributed by atoms with Gasteiger partial charge in [0.25, 0.3) is 0 Å². The summed E-state index contributed by atoms with van der Waals surface area (Å²) in [4.78, 5) is 12.3. The van der Waals surface area contributed by atoms with Crippen LogP contribution in [0.5, 0.6) is 0 Å². The van der Waals surface area contributed by atoms with Crippen molar-refractivity contribution in [2.45, 2.75) is 31.2 Å². The summed E-state index contributed by atoms with van der Waals surface area (Å²) in [5.74, 6) is 0.594. The molecule has 1 amide bonds. The number of hydrogen-bond acceptors (Lipinski definition) is 5. The number of hydrogen-bond donors (Lipinski definition) is 3. The quantitative estimate of drug-likeness (QED) is 0.459. The van der Waals surface area contributed by atoms with Gasteiger partial charge in [0.15, 0.2) is 10.6 Å². The van der Waals surface area contributed by atoms with E-state index >= 15 is 0 Å². The number of aryl methyl sites for hydroxylation is 1. The molecule has 8 nitrogen and oxygen atoms in total. The zero-order valence-electron chi connectivity index (χ0n) is 16.5. The monoisotopic (exact) mass is 445 g/mol. The highest BCUT2D eigenvalue weighted by molar-refractivity contribution is 7.89. The van der Waals surface area contributed by atoms with Gasteiger partial charge in [0.1, 0.15) is 0 Å². The van der Waals surface area contributed by atoms with Crippen LogP contribution in [0.4, 0.5) is 0 Å². The summed E-state index contributed by atoms with van der Waals surface area (Å²) in [6.07, 6.45) is 0.841. The van der Waals surface area contributed by atoms with E-state index in [1.807, 2.05) is 35.8 Å². The molecule has 0 aliphatic rings. The number of H-pyrrole nitrogens is 1. The topological polar surface area (TPSA) is 123 Å². The molecule has 1 aromatic heterocycles. The highest BCUT2D eigenvalue weighted by Crippen LogP contribution is 2.18. The predicted octanol–water partition coefficient (Wildman–Crippen LogP) is 2.31. The first kappa shape index (κ1) is 21.9. The van der Waals surface area contributed by atoms with E-state index in [1.165, 1.54) is 12.1 Å². The van der Waals surface area contributed by atoms with Crippen molar-refractivity contribution < 1.29 is 13.2 Å². The fraction of sp³-hybridized carbons (Fsp3) is 0.250. The molecule has 0 saturated heterocycles. The minimum absolute atomic E-state index is 0.0662. The van der Waals surface area contributed by atoms with Gasteiger partial charge in [-0.15, -0.1) is 0 Å². The fourth-order valence-corrected chi connectivity index (χ4v) is 3.68. The Labute approximate surface area is 180 Å². The van der Waals surface area contributed by atoms with Gasteiger partial charge in [0.05, 0.1) is 4.90 Å². The smallest absolute Gasteiger partial charge is 0.238 e. The largest absolute Gasteiger partial charge is 0.356 e. The van der Waals surface area contributed by atoms with Gasteiger partial charge < -0.3 is 5.32 Å². The molecular formula is C20H23N5O3S2. The lowest BCUT2D eigenvalue weighted by Crippen LogP contribution is -2.26. The van der Waals surface area contributed by atoms with Gasteiger partial charge in [-0.3, -0.25) is 14.5 Å². The zero-order valence-corrected chi connectivity index (χ0v) is 18.1. The molecule has 158 valence electrons. The maximum atomic E-state index is 12.2. The van der Waals surface area contributed by atoms with E-state index in [1.54, 1.807) is 12.1 Å². The number of aromatic nitrogens is 3. The average Bonchev–Trinajstić information content (AvgIpc) is 3.07. The zero-order chi connectivity index (χ0) is 21.7. The number of nitrogens with two attached hydrogens (primary N) is 1. The van der Waals surface area contributed by atoms with Crippen molar-refractivity contribution in [2.75, 3.05) is 6.54 Å². The molecule has 0 spiro atoms. The number of amides is 1. The normalized spacial score (nSPS) is 11.4. The Morgan fingerprint density at radius 1 is 1.17 bits per heavy atom. The van der Waals surface area contributed by atoms with Crippen molar-refractivity contribution in [2.24, 2.45) is 5.14 Å². The second-order valence-electron chi connectivity index (χ2n) is 6.91. The third-order valence-electron chi connectivity index (χ3n) is 4.62. The second kappa shape index (κ2) is 9.33. The molecule has 30 heavy (non-hydrogen) atoms. The average molecular weight is 446 g/mol. The molecule has 10 heteroatoms. The molecule has 0 atom stereocenters. The van der Waals surface area contributed by atoms with Crippen LogP contribution >= 0.6 is 12.2 Å². The number of aromatic amines is 1. The summed E-state index contributed by atoms with van der Waals surface area (Å²) in [6, 6.07) is 14.2. The Hall–Kier alpha value is -2.82. The molecule has 3 rings (SSSR count). The molecule has 1 heterocycles.